The molecule has 1 aliphatic carbocycles. The smallest absolute Gasteiger partial charge is 0.0190 e. The van der Waals surface area contributed by atoms with Crippen molar-refractivity contribution >= 4 is 11.8 Å². The molecule has 0 radical (unpaired) electrons. The molecule has 70 valence electrons. The highest BCUT2D eigenvalue weighted by atomic mass is 32.2. The van der Waals surface area contributed by atoms with Gasteiger partial charge in [-0.15, -0.1) is 0 Å². The van der Waals surface area contributed by atoms with Crippen LogP contribution in [0.25, 0.3) is 0 Å². The zero-order chi connectivity index (χ0) is 9.26. The number of hydrogen-bond acceptors (Lipinski definition) is 1. The summed E-state index contributed by atoms with van der Waals surface area (Å²) in [5.74, 6) is 1.21. The van der Waals surface area contributed by atoms with E-state index in [1.807, 2.05) is 0 Å². The van der Waals surface area contributed by atoms with Gasteiger partial charge in [0.15, 0.2) is 0 Å². The van der Waals surface area contributed by atoms with E-state index in [2.05, 4.69) is 43.8 Å². The third-order valence-electron chi connectivity index (χ3n) is 2.50. The Morgan fingerprint density at radius 2 is 2.08 bits per heavy atom. The molecule has 0 aliphatic heterocycles. The van der Waals surface area contributed by atoms with Gasteiger partial charge in [-0.25, -0.2) is 0 Å². The fraction of sp³-hybridized carbons (Fsp3) is 0.500. The van der Waals surface area contributed by atoms with Crippen molar-refractivity contribution in [2.45, 2.75) is 37.7 Å². The lowest BCUT2D eigenvalue weighted by atomic mass is 10.1. The topological polar surface area (TPSA) is 0 Å². The van der Waals surface area contributed by atoms with Gasteiger partial charge >= 0.3 is 0 Å². The maximum Gasteiger partial charge on any atom is 0.0190 e. The molecule has 0 heterocycles. The minimum absolute atomic E-state index is 0.972. The third kappa shape index (κ3) is 2.50. The van der Waals surface area contributed by atoms with E-state index in [-0.39, 0.29) is 0 Å². The van der Waals surface area contributed by atoms with Gasteiger partial charge in [-0.1, -0.05) is 23.8 Å². The molecule has 0 atom stereocenters. The predicted octanol–water partition coefficient (Wildman–Crippen LogP) is 3.70. The number of rotatable bonds is 3. The average Bonchev–Trinajstić information content (AvgIpc) is 2.90. The Morgan fingerprint density at radius 1 is 1.31 bits per heavy atom. The van der Waals surface area contributed by atoms with Crippen LogP contribution in [0.2, 0.25) is 0 Å². The molecule has 0 bridgehead atoms. The number of aryl methyl sites for hydroxylation is 2. The van der Waals surface area contributed by atoms with E-state index in [4.69, 9.17) is 0 Å². The van der Waals surface area contributed by atoms with E-state index in [0.717, 1.165) is 5.25 Å². The van der Waals surface area contributed by atoms with E-state index in [9.17, 15) is 0 Å². The average molecular weight is 192 g/mol. The van der Waals surface area contributed by atoms with Gasteiger partial charge in [0.2, 0.25) is 0 Å². The molecule has 0 N–H and O–H groups in total. The van der Waals surface area contributed by atoms with Gasteiger partial charge in [0.1, 0.15) is 0 Å². The second-order valence-electron chi connectivity index (χ2n) is 3.94. The lowest BCUT2D eigenvalue weighted by Gasteiger charge is -2.05. The monoisotopic (exact) mass is 192 g/mol. The van der Waals surface area contributed by atoms with Gasteiger partial charge in [0.05, 0.1) is 0 Å². The Bertz CT molecular complexity index is 300. The predicted molar refractivity (Wildman–Crippen MR) is 60.2 cm³/mol. The molecule has 1 aliphatic rings. The van der Waals surface area contributed by atoms with Gasteiger partial charge in [-0.3, -0.25) is 0 Å². The van der Waals surface area contributed by atoms with Gasteiger partial charge in [0, 0.05) is 11.0 Å². The molecule has 1 aromatic carbocycles. The Balaban J connectivity index is 2.03. The molecule has 0 amide bonds. The largest absolute Gasteiger partial charge is 0.154 e. The first kappa shape index (κ1) is 9.14. The SMILES string of the molecule is Cc1ccc(C)c(CSC2CC2)c1. The van der Waals surface area contributed by atoms with E-state index in [1.54, 1.807) is 0 Å². The maximum atomic E-state index is 2.32. The normalized spacial score (nSPS) is 16.2. The van der Waals surface area contributed by atoms with E-state index in [1.165, 1.54) is 35.3 Å². The first-order valence-electron chi connectivity index (χ1n) is 4.93. The highest BCUT2D eigenvalue weighted by molar-refractivity contribution is 7.99. The lowest BCUT2D eigenvalue weighted by Crippen LogP contribution is -1.88. The zero-order valence-corrected chi connectivity index (χ0v) is 9.16. The first-order valence-corrected chi connectivity index (χ1v) is 5.98. The summed E-state index contributed by atoms with van der Waals surface area (Å²) in [5.41, 5.74) is 4.35. The summed E-state index contributed by atoms with van der Waals surface area (Å²) in [6.07, 6.45) is 2.88. The van der Waals surface area contributed by atoms with Crippen molar-refractivity contribution in [3.8, 4) is 0 Å². The first-order chi connectivity index (χ1) is 6.25. The molecule has 1 saturated carbocycles. The molecule has 1 fully saturated rings. The van der Waals surface area contributed by atoms with Gasteiger partial charge in [-0.05, 0) is 37.8 Å². The molecule has 0 spiro atoms. The molecule has 0 unspecified atom stereocenters. The van der Waals surface area contributed by atoms with Crippen LogP contribution in [0.1, 0.15) is 29.5 Å². The van der Waals surface area contributed by atoms with E-state index >= 15 is 0 Å². The van der Waals surface area contributed by atoms with Gasteiger partial charge < -0.3 is 0 Å². The van der Waals surface area contributed by atoms with Crippen LogP contribution in [0.3, 0.4) is 0 Å². The number of thioether (sulfide) groups is 1. The standard InChI is InChI=1S/C12H16S/c1-9-3-4-10(2)11(7-9)8-13-12-5-6-12/h3-4,7,12H,5-6,8H2,1-2H3. The van der Waals surface area contributed by atoms with Crippen molar-refractivity contribution in [2.75, 3.05) is 0 Å². The Labute approximate surface area is 84.7 Å². The summed E-state index contributed by atoms with van der Waals surface area (Å²) in [4.78, 5) is 0. The Morgan fingerprint density at radius 3 is 2.77 bits per heavy atom. The molecule has 0 nitrogen and oxygen atoms in total. The molecule has 0 saturated heterocycles. The third-order valence-corrected chi connectivity index (χ3v) is 3.92. The van der Waals surface area contributed by atoms with Crippen LogP contribution in [0.15, 0.2) is 18.2 Å². The molecule has 13 heavy (non-hydrogen) atoms. The fourth-order valence-corrected chi connectivity index (χ4v) is 2.59. The van der Waals surface area contributed by atoms with E-state index < -0.39 is 0 Å². The van der Waals surface area contributed by atoms with Crippen molar-refractivity contribution in [1.29, 1.82) is 0 Å². The van der Waals surface area contributed by atoms with Gasteiger partial charge in [0.25, 0.3) is 0 Å². The maximum absolute atomic E-state index is 2.32. The summed E-state index contributed by atoms with van der Waals surface area (Å²) in [6, 6.07) is 6.75. The zero-order valence-electron chi connectivity index (χ0n) is 8.34. The fourth-order valence-electron chi connectivity index (χ4n) is 1.40. The van der Waals surface area contributed by atoms with Crippen molar-refractivity contribution in [1.82, 2.24) is 0 Å². The van der Waals surface area contributed by atoms with Crippen molar-refractivity contribution < 1.29 is 0 Å². The van der Waals surface area contributed by atoms with Crippen LogP contribution in [0.4, 0.5) is 0 Å². The molecule has 1 aromatic rings. The molecule has 1 heteroatoms. The minimum Gasteiger partial charge on any atom is -0.154 e. The minimum atomic E-state index is 0.972. The highest BCUT2D eigenvalue weighted by Gasteiger charge is 2.21. The van der Waals surface area contributed by atoms with Crippen molar-refractivity contribution in [2.24, 2.45) is 0 Å². The molecule has 0 aromatic heterocycles. The Hall–Kier alpha value is -0.430. The second-order valence-corrected chi connectivity index (χ2v) is 5.23. The second kappa shape index (κ2) is 3.75. The summed E-state index contributed by atoms with van der Waals surface area (Å²) in [5, 5.41) is 0.972. The summed E-state index contributed by atoms with van der Waals surface area (Å²) in [7, 11) is 0. The van der Waals surface area contributed by atoms with Crippen molar-refractivity contribution in [3.05, 3.63) is 34.9 Å². The van der Waals surface area contributed by atoms with E-state index in [0.29, 0.717) is 0 Å². The summed E-state index contributed by atoms with van der Waals surface area (Å²) in [6.45, 7) is 4.38. The van der Waals surface area contributed by atoms with Crippen LogP contribution < -0.4 is 0 Å². The quantitative estimate of drug-likeness (QED) is 0.703. The summed E-state index contributed by atoms with van der Waals surface area (Å²) >= 11 is 2.12. The van der Waals surface area contributed by atoms with Crippen LogP contribution in [0.5, 0.6) is 0 Å². The van der Waals surface area contributed by atoms with Crippen LogP contribution in [-0.4, -0.2) is 5.25 Å². The van der Waals surface area contributed by atoms with Crippen LogP contribution in [-0.2, 0) is 5.75 Å². The molecule has 2 rings (SSSR count). The lowest BCUT2D eigenvalue weighted by molar-refractivity contribution is 1.27. The van der Waals surface area contributed by atoms with Crippen LogP contribution >= 0.6 is 11.8 Å². The Kier molecular flexibility index (Phi) is 2.63. The number of hydrogen-bond donors (Lipinski definition) is 0. The summed E-state index contributed by atoms with van der Waals surface area (Å²) < 4.78 is 0. The van der Waals surface area contributed by atoms with Gasteiger partial charge in [-0.2, -0.15) is 11.8 Å². The highest BCUT2D eigenvalue weighted by Crippen LogP contribution is 2.36. The molecular weight excluding hydrogens is 176 g/mol. The number of benzene rings is 1. The van der Waals surface area contributed by atoms with Crippen molar-refractivity contribution in [3.63, 3.8) is 0 Å². The van der Waals surface area contributed by atoms with Crippen LogP contribution in [0, 0.1) is 13.8 Å². The molecular formula is C12H16S.